The number of aryl methyl sites for hydroxylation is 1. The number of aromatic hydroxyl groups is 1. The van der Waals surface area contributed by atoms with Gasteiger partial charge in [-0.1, -0.05) is 13.0 Å². The monoisotopic (exact) mass is 397 g/mol. The largest absolute Gasteiger partial charge is 0.505 e. The van der Waals surface area contributed by atoms with Gasteiger partial charge in [-0.05, 0) is 37.1 Å². The molecule has 0 unspecified atom stereocenters. The van der Waals surface area contributed by atoms with Crippen molar-refractivity contribution in [1.29, 1.82) is 0 Å². The average molecular weight is 397 g/mol. The van der Waals surface area contributed by atoms with E-state index in [1.807, 2.05) is 19.9 Å². The molecule has 1 aromatic heterocycles. The number of hydrogen-bond acceptors (Lipinski definition) is 7. The van der Waals surface area contributed by atoms with Gasteiger partial charge in [0, 0.05) is 14.1 Å². The molecular formula is C21H23N3O5. The Kier molecular flexibility index (Phi) is 5.45. The number of nitrogens with one attached hydrogen (secondary N) is 2. The van der Waals surface area contributed by atoms with Gasteiger partial charge in [-0.2, -0.15) is 0 Å². The zero-order valence-corrected chi connectivity index (χ0v) is 16.7. The van der Waals surface area contributed by atoms with Crippen LogP contribution in [0.15, 0.2) is 44.5 Å². The van der Waals surface area contributed by atoms with E-state index in [-0.39, 0.29) is 40.3 Å². The normalized spacial score (nSPS) is 12.0. The highest BCUT2D eigenvalue weighted by atomic mass is 16.3. The number of carbonyl (C=O) groups excluding carboxylic acids is 1. The van der Waals surface area contributed by atoms with E-state index < -0.39 is 10.9 Å². The maximum atomic E-state index is 12.2. The Labute approximate surface area is 167 Å². The number of phenolic OH excluding ortho intramolecular Hbond substituents is 1. The molecule has 0 saturated carbocycles. The van der Waals surface area contributed by atoms with Gasteiger partial charge < -0.3 is 25.1 Å². The molecule has 0 radical (unpaired) electrons. The number of furan rings is 1. The SMILES string of the molecule is CC[C@@H](Nc1c(Nc2cccc(C(=O)N(C)C)c2O)c(=O)c1=O)c1cc(C)co1. The fraction of sp³-hybridized carbons (Fsp3) is 0.286. The summed E-state index contributed by atoms with van der Waals surface area (Å²) in [7, 11) is 3.14. The van der Waals surface area contributed by atoms with Crippen LogP contribution in [0.3, 0.4) is 0 Å². The van der Waals surface area contributed by atoms with Gasteiger partial charge in [0.25, 0.3) is 16.8 Å². The number of carbonyl (C=O) groups is 1. The molecule has 0 aliphatic carbocycles. The van der Waals surface area contributed by atoms with Crippen LogP contribution in [0, 0.1) is 6.92 Å². The summed E-state index contributed by atoms with van der Waals surface area (Å²) in [4.78, 5) is 37.8. The molecule has 1 heterocycles. The van der Waals surface area contributed by atoms with E-state index in [2.05, 4.69) is 10.6 Å². The summed E-state index contributed by atoms with van der Waals surface area (Å²) in [5.41, 5.74) is 0.0356. The first-order valence-corrected chi connectivity index (χ1v) is 9.20. The van der Waals surface area contributed by atoms with Gasteiger partial charge in [0.2, 0.25) is 0 Å². The molecular weight excluding hydrogens is 374 g/mol. The van der Waals surface area contributed by atoms with Crippen molar-refractivity contribution in [3.63, 3.8) is 0 Å². The third-order valence-electron chi connectivity index (χ3n) is 4.66. The summed E-state index contributed by atoms with van der Waals surface area (Å²) in [6.07, 6.45) is 2.25. The molecule has 3 N–H and O–H groups in total. The molecule has 29 heavy (non-hydrogen) atoms. The number of rotatable bonds is 7. The lowest BCUT2D eigenvalue weighted by Gasteiger charge is -2.21. The van der Waals surface area contributed by atoms with E-state index in [9.17, 15) is 19.5 Å². The summed E-state index contributed by atoms with van der Waals surface area (Å²) < 4.78 is 5.50. The van der Waals surface area contributed by atoms with Gasteiger partial charge in [0.1, 0.15) is 17.1 Å². The molecule has 2 aromatic carbocycles. The van der Waals surface area contributed by atoms with Crippen LogP contribution in [0.1, 0.15) is 41.1 Å². The first kappa shape index (κ1) is 20.2. The lowest BCUT2D eigenvalue weighted by atomic mass is 10.1. The predicted molar refractivity (Wildman–Crippen MR) is 111 cm³/mol. The van der Waals surface area contributed by atoms with Crippen molar-refractivity contribution in [3.05, 3.63) is 67.9 Å². The fourth-order valence-electron chi connectivity index (χ4n) is 3.03. The van der Waals surface area contributed by atoms with Gasteiger partial charge in [-0.3, -0.25) is 14.4 Å². The predicted octanol–water partition coefficient (Wildman–Crippen LogP) is 2.90. The number of amides is 1. The number of hydrogen-bond donors (Lipinski definition) is 3. The number of phenols is 1. The molecule has 8 nitrogen and oxygen atoms in total. The highest BCUT2D eigenvalue weighted by Gasteiger charge is 2.26. The summed E-state index contributed by atoms with van der Waals surface area (Å²) in [5.74, 6) is -0.0157. The third-order valence-corrected chi connectivity index (χ3v) is 4.66. The second kappa shape index (κ2) is 7.83. The van der Waals surface area contributed by atoms with Crippen LogP contribution in [0.5, 0.6) is 5.75 Å². The Morgan fingerprint density at radius 2 is 1.90 bits per heavy atom. The second-order valence-electron chi connectivity index (χ2n) is 7.07. The van der Waals surface area contributed by atoms with Crippen molar-refractivity contribution in [3.8, 4) is 5.75 Å². The zero-order valence-electron chi connectivity index (χ0n) is 16.7. The van der Waals surface area contributed by atoms with Crippen molar-refractivity contribution < 1.29 is 14.3 Å². The first-order chi connectivity index (χ1) is 13.7. The molecule has 0 bridgehead atoms. The average Bonchev–Trinajstić information content (AvgIpc) is 3.13. The van der Waals surface area contributed by atoms with Gasteiger partial charge in [-0.25, -0.2) is 0 Å². The van der Waals surface area contributed by atoms with Gasteiger partial charge >= 0.3 is 0 Å². The van der Waals surface area contributed by atoms with E-state index >= 15 is 0 Å². The molecule has 0 aliphatic heterocycles. The van der Waals surface area contributed by atoms with E-state index in [1.165, 1.54) is 17.0 Å². The summed E-state index contributed by atoms with van der Waals surface area (Å²) >= 11 is 0. The maximum Gasteiger partial charge on any atom is 0.257 e. The minimum absolute atomic E-state index is 0.0430. The lowest BCUT2D eigenvalue weighted by Crippen LogP contribution is -2.37. The van der Waals surface area contributed by atoms with Crippen LogP contribution < -0.4 is 21.5 Å². The standard InChI is InChI=1S/C21H23N3O5/c1-5-13(15-9-11(2)10-29-15)22-16-17(20(27)19(16)26)23-14-8-6-7-12(18(14)25)21(28)24(3)4/h6-10,13,22-23,25H,5H2,1-4H3/t13-/m1/s1. The molecule has 1 amide bonds. The number of nitrogens with zero attached hydrogens (tertiary/aromatic N) is 1. The molecule has 152 valence electrons. The Hall–Kier alpha value is -3.55. The Bertz CT molecular complexity index is 1120. The van der Waals surface area contributed by atoms with Gasteiger partial charge in [0.15, 0.2) is 5.75 Å². The maximum absolute atomic E-state index is 12.2. The van der Waals surface area contributed by atoms with Crippen molar-refractivity contribution in [2.75, 3.05) is 24.7 Å². The Balaban J connectivity index is 1.90. The van der Waals surface area contributed by atoms with E-state index in [1.54, 1.807) is 26.4 Å². The minimum atomic E-state index is -0.693. The molecule has 3 aromatic rings. The molecule has 0 spiro atoms. The topological polar surface area (TPSA) is 112 Å². The molecule has 3 rings (SSSR count). The fourth-order valence-corrected chi connectivity index (χ4v) is 3.03. The highest BCUT2D eigenvalue weighted by Crippen LogP contribution is 2.33. The van der Waals surface area contributed by atoms with Crippen LogP contribution in [0.2, 0.25) is 0 Å². The van der Waals surface area contributed by atoms with E-state index in [0.29, 0.717) is 12.2 Å². The molecule has 0 saturated heterocycles. The molecule has 1 atom stereocenters. The van der Waals surface area contributed by atoms with Crippen molar-refractivity contribution >= 4 is 23.0 Å². The quantitative estimate of drug-likeness (QED) is 0.415. The van der Waals surface area contributed by atoms with Gasteiger partial charge in [-0.15, -0.1) is 0 Å². The minimum Gasteiger partial charge on any atom is -0.505 e. The Morgan fingerprint density at radius 3 is 2.48 bits per heavy atom. The van der Waals surface area contributed by atoms with Crippen molar-refractivity contribution in [1.82, 2.24) is 4.90 Å². The lowest BCUT2D eigenvalue weighted by molar-refractivity contribution is 0.0824. The number of benzene rings is 1. The first-order valence-electron chi connectivity index (χ1n) is 9.20. The highest BCUT2D eigenvalue weighted by molar-refractivity contribution is 5.99. The number of para-hydroxylation sites is 1. The summed E-state index contributed by atoms with van der Waals surface area (Å²) in [6.45, 7) is 3.82. The van der Waals surface area contributed by atoms with Gasteiger partial charge in [0.05, 0.1) is 23.6 Å². The van der Waals surface area contributed by atoms with Crippen LogP contribution in [0.25, 0.3) is 0 Å². The second-order valence-corrected chi connectivity index (χ2v) is 7.07. The van der Waals surface area contributed by atoms with Crippen molar-refractivity contribution in [2.45, 2.75) is 26.3 Å². The number of anilines is 3. The molecule has 0 fully saturated rings. The molecule has 8 heteroatoms. The van der Waals surface area contributed by atoms with E-state index in [4.69, 9.17) is 4.42 Å². The van der Waals surface area contributed by atoms with Crippen LogP contribution >= 0.6 is 0 Å². The smallest absolute Gasteiger partial charge is 0.257 e. The van der Waals surface area contributed by atoms with E-state index in [0.717, 1.165) is 5.56 Å². The van der Waals surface area contributed by atoms with Crippen LogP contribution in [-0.4, -0.2) is 30.0 Å². The Morgan fingerprint density at radius 1 is 1.21 bits per heavy atom. The summed E-state index contributed by atoms with van der Waals surface area (Å²) in [6, 6.07) is 6.16. The third kappa shape index (κ3) is 3.73. The molecule has 0 aliphatic rings. The van der Waals surface area contributed by atoms with Crippen LogP contribution in [0.4, 0.5) is 17.1 Å². The zero-order chi connectivity index (χ0) is 21.3. The summed E-state index contributed by atoms with van der Waals surface area (Å²) in [5, 5.41) is 16.3. The van der Waals surface area contributed by atoms with Crippen LogP contribution in [-0.2, 0) is 0 Å². The van der Waals surface area contributed by atoms with Crippen molar-refractivity contribution in [2.24, 2.45) is 0 Å².